The summed E-state index contributed by atoms with van der Waals surface area (Å²) in [6, 6.07) is 19.2. The van der Waals surface area contributed by atoms with E-state index >= 15 is 0 Å². The van der Waals surface area contributed by atoms with Gasteiger partial charge in [0.2, 0.25) is 0 Å². The third-order valence-electron chi connectivity index (χ3n) is 5.20. The van der Waals surface area contributed by atoms with Gasteiger partial charge in [0.05, 0.1) is 0 Å². The Morgan fingerprint density at radius 2 is 1.59 bits per heavy atom. The molecule has 1 amide bonds. The fraction of sp³-hybridized carbons (Fsp3) is 0.280. The van der Waals surface area contributed by atoms with Gasteiger partial charge in [0.1, 0.15) is 5.56 Å². The lowest BCUT2D eigenvalue weighted by atomic mass is 9.87. The molecule has 3 aromatic rings. The van der Waals surface area contributed by atoms with Crippen LogP contribution in [0.5, 0.6) is 0 Å². The molecule has 0 unspecified atom stereocenters. The number of hydrogen-bond donors (Lipinski definition) is 1. The molecule has 0 spiro atoms. The van der Waals surface area contributed by atoms with Crippen molar-refractivity contribution in [2.24, 2.45) is 0 Å². The van der Waals surface area contributed by atoms with E-state index in [1.54, 1.807) is 12.1 Å². The van der Waals surface area contributed by atoms with Crippen LogP contribution in [-0.2, 0) is 12.0 Å². The van der Waals surface area contributed by atoms with E-state index in [2.05, 4.69) is 50.4 Å². The predicted octanol–water partition coefficient (Wildman–Crippen LogP) is 5.06. The maximum absolute atomic E-state index is 12.8. The van der Waals surface area contributed by atoms with Gasteiger partial charge in [0.15, 0.2) is 5.43 Å². The Bertz CT molecular complexity index is 1070. The Balaban J connectivity index is 1.93. The van der Waals surface area contributed by atoms with E-state index in [9.17, 15) is 9.59 Å². The van der Waals surface area contributed by atoms with Gasteiger partial charge in [0, 0.05) is 29.7 Å². The first-order valence-electron chi connectivity index (χ1n) is 9.83. The van der Waals surface area contributed by atoms with Crippen molar-refractivity contribution >= 4 is 11.6 Å². The van der Waals surface area contributed by atoms with Crippen LogP contribution in [0.3, 0.4) is 0 Å². The molecule has 0 radical (unpaired) electrons. The van der Waals surface area contributed by atoms with Gasteiger partial charge in [-0.05, 0) is 42.5 Å². The number of aromatic nitrogens is 1. The largest absolute Gasteiger partial charge is 0.344 e. The molecule has 1 heterocycles. The summed E-state index contributed by atoms with van der Waals surface area (Å²) in [5.74, 6) is -0.379. The third-order valence-corrected chi connectivity index (χ3v) is 5.20. The van der Waals surface area contributed by atoms with Gasteiger partial charge < -0.3 is 9.88 Å². The molecule has 150 valence electrons. The Hall–Kier alpha value is -3.14. The summed E-state index contributed by atoms with van der Waals surface area (Å²) < 4.78 is 2.02. The van der Waals surface area contributed by atoms with E-state index in [0.29, 0.717) is 17.9 Å². The molecular weight excluding hydrogens is 360 g/mol. The molecule has 1 aromatic heterocycles. The minimum absolute atomic E-state index is 0.102. The van der Waals surface area contributed by atoms with Crippen LogP contribution in [0.25, 0.3) is 0 Å². The summed E-state index contributed by atoms with van der Waals surface area (Å²) in [5.41, 5.74) is 4.61. The summed E-state index contributed by atoms with van der Waals surface area (Å²) in [6.07, 6.45) is 0. The third kappa shape index (κ3) is 4.65. The Kier molecular flexibility index (Phi) is 5.73. The molecular formula is C25H28N2O2. The highest BCUT2D eigenvalue weighted by Crippen LogP contribution is 2.23. The first-order chi connectivity index (χ1) is 13.7. The zero-order chi connectivity index (χ0) is 21.2. The number of carbonyl (C=O) groups is 1. The fourth-order valence-corrected chi connectivity index (χ4v) is 3.44. The first-order valence-corrected chi connectivity index (χ1v) is 9.83. The molecule has 0 atom stereocenters. The quantitative estimate of drug-likeness (QED) is 0.679. The predicted molar refractivity (Wildman–Crippen MR) is 119 cm³/mol. The highest BCUT2D eigenvalue weighted by Gasteiger charge is 2.18. The molecule has 0 saturated carbocycles. The first kappa shape index (κ1) is 20.6. The maximum atomic E-state index is 12.8. The van der Waals surface area contributed by atoms with Gasteiger partial charge in [-0.1, -0.05) is 63.2 Å². The van der Waals surface area contributed by atoms with Crippen molar-refractivity contribution in [1.29, 1.82) is 0 Å². The SMILES string of the molecule is Cc1cc(=O)c(C(=O)Nc2ccccc2)c(C)n1Cc1ccc(C(C)(C)C)cc1. The van der Waals surface area contributed by atoms with Crippen molar-refractivity contribution in [3.05, 3.63) is 99.0 Å². The lowest BCUT2D eigenvalue weighted by Gasteiger charge is -2.20. The zero-order valence-corrected chi connectivity index (χ0v) is 17.7. The van der Waals surface area contributed by atoms with Gasteiger partial charge in [0.25, 0.3) is 5.91 Å². The van der Waals surface area contributed by atoms with Crippen molar-refractivity contribution in [2.45, 2.75) is 46.6 Å². The molecule has 0 bridgehead atoms. The van der Waals surface area contributed by atoms with Gasteiger partial charge in [-0.2, -0.15) is 0 Å². The number of carbonyl (C=O) groups excluding carboxylic acids is 1. The Morgan fingerprint density at radius 3 is 2.17 bits per heavy atom. The van der Waals surface area contributed by atoms with Crippen LogP contribution in [-0.4, -0.2) is 10.5 Å². The number of nitrogens with one attached hydrogen (secondary N) is 1. The molecule has 1 N–H and O–H groups in total. The van der Waals surface area contributed by atoms with E-state index in [0.717, 1.165) is 11.3 Å². The molecule has 2 aromatic carbocycles. The van der Waals surface area contributed by atoms with Crippen LogP contribution in [0, 0.1) is 13.8 Å². The molecule has 0 aliphatic rings. The number of nitrogens with zero attached hydrogens (tertiary/aromatic N) is 1. The molecule has 0 aliphatic heterocycles. The van der Waals surface area contributed by atoms with Crippen LogP contribution in [0.2, 0.25) is 0 Å². The van der Waals surface area contributed by atoms with Gasteiger partial charge in [-0.15, -0.1) is 0 Å². The minimum atomic E-state index is -0.379. The monoisotopic (exact) mass is 388 g/mol. The van der Waals surface area contributed by atoms with E-state index in [1.807, 2.05) is 36.6 Å². The van der Waals surface area contributed by atoms with Crippen molar-refractivity contribution in [1.82, 2.24) is 4.57 Å². The van der Waals surface area contributed by atoms with E-state index in [4.69, 9.17) is 0 Å². The topological polar surface area (TPSA) is 51.1 Å². The molecule has 4 nitrogen and oxygen atoms in total. The summed E-state index contributed by atoms with van der Waals surface area (Å²) >= 11 is 0. The van der Waals surface area contributed by atoms with Crippen molar-refractivity contribution < 1.29 is 4.79 Å². The number of para-hydroxylation sites is 1. The number of aryl methyl sites for hydroxylation is 1. The van der Waals surface area contributed by atoms with Crippen molar-refractivity contribution in [3.8, 4) is 0 Å². The number of benzene rings is 2. The van der Waals surface area contributed by atoms with Crippen molar-refractivity contribution in [2.75, 3.05) is 5.32 Å². The van der Waals surface area contributed by atoms with Gasteiger partial charge in [-0.25, -0.2) is 0 Å². The Labute approximate surface area is 172 Å². The standard InChI is InChI=1S/C25H28N2O2/c1-17-15-22(28)23(24(29)26-21-9-7-6-8-10-21)18(2)27(17)16-19-11-13-20(14-12-19)25(3,4)5/h6-15H,16H2,1-5H3,(H,26,29). The van der Waals surface area contributed by atoms with E-state index < -0.39 is 0 Å². The smallest absolute Gasteiger partial charge is 0.261 e. The average Bonchev–Trinajstić information content (AvgIpc) is 2.65. The van der Waals surface area contributed by atoms with Crippen LogP contribution in [0.4, 0.5) is 5.69 Å². The molecule has 3 rings (SSSR count). The summed E-state index contributed by atoms with van der Waals surface area (Å²) in [6.45, 7) is 10.9. The normalized spacial score (nSPS) is 11.3. The van der Waals surface area contributed by atoms with Crippen LogP contribution in [0.1, 0.15) is 53.6 Å². The van der Waals surface area contributed by atoms with Crippen LogP contribution >= 0.6 is 0 Å². The molecule has 29 heavy (non-hydrogen) atoms. The number of hydrogen-bond acceptors (Lipinski definition) is 2. The van der Waals surface area contributed by atoms with Gasteiger partial charge >= 0.3 is 0 Å². The Morgan fingerprint density at radius 1 is 0.966 bits per heavy atom. The summed E-state index contributed by atoms with van der Waals surface area (Å²) in [4.78, 5) is 25.4. The van der Waals surface area contributed by atoms with Crippen LogP contribution < -0.4 is 10.7 Å². The summed E-state index contributed by atoms with van der Waals surface area (Å²) in [7, 11) is 0. The fourth-order valence-electron chi connectivity index (χ4n) is 3.44. The second-order valence-electron chi connectivity index (χ2n) is 8.46. The zero-order valence-electron chi connectivity index (χ0n) is 17.7. The van der Waals surface area contributed by atoms with Gasteiger partial charge in [-0.3, -0.25) is 9.59 Å². The second-order valence-corrected chi connectivity index (χ2v) is 8.46. The number of rotatable bonds is 4. The number of anilines is 1. The van der Waals surface area contributed by atoms with Crippen LogP contribution in [0.15, 0.2) is 65.5 Å². The molecule has 0 fully saturated rings. The second kappa shape index (κ2) is 8.08. The lowest BCUT2D eigenvalue weighted by molar-refractivity contribution is 0.102. The molecule has 4 heteroatoms. The number of pyridine rings is 1. The summed E-state index contributed by atoms with van der Waals surface area (Å²) in [5, 5.41) is 2.82. The lowest BCUT2D eigenvalue weighted by Crippen LogP contribution is -2.27. The minimum Gasteiger partial charge on any atom is -0.344 e. The van der Waals surface area contributed by atoms with E-state index in [1.165, 1.54) is 11.6 Å². The molecule has 0 saturated heterocycles. The number of amides is 1. The van der Waals surface area contributed by atoms with Crippen molar-refractivity contribution in [3.63, 3.8) is 0 Å². The maximum Gasteiger partial charge on any atom is 0.261 e. The van der Waals surface area contributed by atoms with E-state index in [-0.39, 0.29) is 22.3 Å². The highest BCUT2D eigenvalue weighted by atomic mass is 16.2. The molecule has 0 aliphatic carbocycles. The average molecular weight is 389 g/mol. The highest BCUT2D eigenvalue weighted by molar-refractivity contribution is 6.04.